The Morgan fingerprint density at radius 3 is 1.22 bits per heavy atom. The van der Waals surface area contributed by atoms with E-state index in [-0.39, 0.29) is 0 Å². The van der Waals surface area contributed by atoms with E-state index in [1.165, 1.54) is 94.7 Å². The molecule has 0 saturated heterocycles. The lowest BCUT2D eigenvalue weighted by Crippen LogP contribution is -2.29. The van der Waals surface area contributed by atoms with Crippen molar-refractivity contribution in [1.29, 1.82) is 0 Å². The summed E-state index contributed by atoms with van der Waals surface area (Å²) in [4.78, 5) is 2.59. The Kier molecular flexibility index (Phi) is 7.80. The molecule has 294 valence electrons. The smallest absolute Gasteiger partial charge is 0.0746 e. The fourth-order valence-corrected chi connectivity index (χ4v) is 11.8. The van der Waals surface area contributed by atoms with Crippen molar-refractivity contribution in [1.82, 2.24) is 0 Å². The predicted molar refractivity (Wildman–Crippen MR) is 260 cm³/mol. The van der Waals surface area contributed by atoms with Crippen molar-refractivity contribution in [2.24, 2.45) is 0 Å². The van der Waals surface area contributed by atoms with Gasteiger partial charge in [0, 0.05) is 16.8 Å². The Balaban J connectivity index is 1.15. The molecule has 1 heteroatoms. The molecule has 3 aliphatic rings. The van der Waals surface area contributed by atoms with E-state index in [0.717, 1.165) is 11.4 Å². The van der Waals surface area contributed by atoms with Crippen LogP contribution in [0.15, 0.2) is 249 Å². The monoisotopic (exact) mass is 799 g/mol. The topological polar surface area (TPSA) is 3.24 Å². The van der Waals surface area contributed by atoms with Crippen molar-refractivity contribution in [3.8, 4) is 44.5 Å². The zero-order valence-corrected chi connectivity index (χ0v) is 34.6. The van der Waals surface area contributed by atoms with Crippen LogP contribution in [0.25, 0.3) is 44.5 Å². The first-order valence-corrected chi connectivity index (χ1v) is 22.0. The highest BCUT2D eigenvalue weighted by molar-refractivity contribution is 6.03. The van der Waals surface area contributed by atoms with Crippen LogP contribution in [0.3, 0.4) is 0 Å². The van der Waals surface area contributed by atoms with Crippen LogP contribution in [-0.4, -0.2) is 0 Å². The van der Waals surface area contributed by atoms with Crippen LogP contribution in [0.4, 0.5) is 17.1 Å². The first-order valence-electron chi connectivity index (χ1n) is 22.0. The van der Waals surface area contributed by atoms with Gasteiger partial charge in [-0.2, -0.15) is 0 Å². The molecule has 0 saturated carbocycles. The molecule has 1 nitrogen and oxygen atoms in total. The van der Waals surface area contributed by atoms with Crippen molar-refractivity contribution in [3.63, 3.8) is 0 Å². The Bertz CT molecular complexity index is 3280. The summed E-state index contributed by atoms with van der Waals surface area (Å²) in [5, 5.41) is 0. The lowest BCUT2D eigenvalue weighted by molar-refractivity contribution is 0.768. The fourth-order valence-electron chi connectivity index (χ4n) is 11.8. The molecule has 1 spiro atoms. The summed E-state index contributed by atoms with van der Waals surface area (Å²) in [6.07, 6.45) is 0. The number of nitrogens with zero attached hydrogens (tertiary/aromatic N) is 1. The van der Waals surface area contributed by atoms with Crippen molar-refractivity contribution in [3.05, 3.63) is 293 Å². The SMILES string of the molecule is c1ccc(-c2ccc(N(c3cccc4c3-c3ccccc3C4(c3ccccc3)c3ccccc3)c3cccc4c3C3(c5ccccc5-c5ccccc53)c3ccccc3-4)cc2)cc1. The van der Waals surface area contributed by atoms with E-state index < -0.39 is 10.8 Å². The van der Waals surface area contributed by atoms with Gasteiger partial charge in [0.25, 0.3) is 0 Å². The van der Waals surface area contributed by atoms with Gasteiger partial charge in [-0.15, -0.1) is 0 Å². The Hall–Kier alpha value is -8.00. The van der Waals surface area contributed by atoms with Gasteiger partial charge in [-0.1, -0.05) is 224 Å². The summed E-state index contributed by atoms with van der Waals surface area (Å²) in [5.41, 5.74) is 22.8. The van der Waals surface area contributed by atoms with Gasteiger partial charge in [-0.05, 0) is 102 Å². The van der Waals surface area contributed by atoms with E-state index in [4.69, 9.17) is 0 Å². The molecule has 0 aromatic heterocycles. The van der Waals surface area contributed by atoms with E-state index in [2.05, 4.69) is 254 Å². The number of hydrogen-bond donors (Lipinski definition) is 0. The highest BCUT2D eigenvalue weighted by atomic mass is 15.2. The quantitative estimate of drug-likeness (QED) is 0.162. The normalized spacial score (nSPS) is 14.0. The Morgan fingerprint density at radius 2 is 0.651 bits per heavy atom. The maximum atomic E-state index is 2.59. The lowest BCUT2D eigenvalue weighted by Gasteiger charge is -2.37. The van der Waals surface area contributed by atoms with Gasteiger partial charge in [0.15, 0.2) is 0 Å². The summed E-state index contributed by atoms with van der Waals surface area (Å²) >= 11 is 0. The molecule has 3 aliphatic carbocycles. The average molecular weight is 800 g/mol. The van der Waals surface area contributed by atoms with Crippen LogP contribution < -0.4 is 4.90 Å². The minimum atomic E-state index is -0.536. The molecule has 0 amide bonds. The molecule has 0 radical (unpaired) electrons. The first-order chi connectivity index (χ1) is 31.3. The van der Waals surface area contributed by atoms with Crippen LogP contribution in [0.2, 0.25) is 0 Å². The molecule has 10 aromatic rings. The summed E-state index contributed by atoms with van der Waals surface area (Å²) in [7, 11) is 0. The average Bonchev–Trinajstić information content (AvgIpc) is 3.96. The van der Waals surface area contributed by atoms with E-state index in [1.807, 2.05) is 0 Å². The molecular weight excluding hydrogens is 759 g/mol. The van der Waals surface area contributed by atoms with Gasteiger partial charge in [0.2, 0.25) is 0 Å². The molecule has 0 atom stereocenters. The molecule has 13 rings (SSSR count). The minimum Gasteiger partial charge on any atom is -0.310 e. The maximum Gasteiger partial charge on any atom is 0.0746 e. The zero-order valence-electron chi connectivity index (χ0n) is 34.6. The second-order valence-corrected chi connectivity index (χ2v) is 17.1. The predicted octanol–water partition coefficient (Wildman–Crippen LogP) is 15.5. The van der Waals surface area contributed by atoms with Crippen LogP contribution in [-0.2, 0) is 10.8 Å². The minimum absolute atomic E-state index is 0.535. The van der Waals surface area contributed by atoms with Crippen molar-refractivity contribution >= 4 is 17.1 Å². The molecular formula is C62H41N. The van der Waals surface area contributed by atoms with Crippen LogP contribution >= 0.6 is 0 Å². The van der Waals surface area contributed by atoms with Crippen LogP contribution in [0.1, 0.15) is 44.5 Å². The van der Waals surface area contributed by atoms with Gasteiger partial charge in [-0.3, -0.25) is 0 Å². The number of fused-ring (bicyclic) bond motifs is 13. The third-order valence-corrected chi connectivity index (χ3v) is 14.2. The maximum absolute atomic E-state index is 2.59. The molecule has 0 heterocycles. The fraction of sp³-hybridized carbons (Fsp3) is 0.0323. The zero-order chi connectivity index (χ0) is 41.5. The van der Waals surface area contributed by atoms with Gasteiger partial charge < -0.3 is 4.90 Å². The molecule has 10 aromatic carbocycles. The van der Waals surface area contributed by atoms with Crippen molar-refractivity contribution in [2.75, 3.05) is 4.90 Å². The summed E-state index contributed by atoms with van der Waals surface area (Å²) in [6, 6.07) is 92.7. The van der Waals surface area contributed by atoms with E-state index in [0.29, 0.717) is 0 Å². The second-order valence-electron chi connectivity index (χ2n) is 17.1. The molecule has 0 unspecified atom stereocenters. The lowest BCUT2D eigenvalue weighted by atomic mass is 9.67. The highest BCUT2D eigenvalue weighted by Crippen LogP contribution is 2.66. The molecule has 0 bridgehead atoms. The van der Waals surface area contributed by atoms with E-state index >= 15 is 0 Å². The summed E-state index contributed by atoms with van der Waals surface area (Å²) in [6.45, 7) is 0. The number of benzene rings is 10. The van der Waals surface area contributed by atoms with Gasteiger partial charge in [0.05, 0.1) is 22.2 Å². The van der Waals surface area contributed by atoms with E-state index in [1.54, 1.807) is 0 Å². The molecule has 0 aliphatic heterocycles. The van der Waals surface area contributed by atoms with Gasteiger partial charge in [0.1, 0.15) is 0 Å². The number of hydrogen-bond acceptors (Lipinski definition) is 1. The Labute approximate surface area is 368 Å². The largest absolute Gasteiger partial charge is 0.310 e. The van der Waals surface area contributed by atoms with Crippen molar-refractivity contribution < 1.29 is 0 Å². The van der Waals surface area contributed by atoms with Crippen molar-refractivity contribution in [2.45, 2.75) is 10.8 Å². The standard InChI is InChI=1S/C62H41N/c1-4-20-42(21-5-1)43-38-40-46(41-39-43)63(57-36-19-35-56-59(57)51-29-13-17-34-55(51)61(56,44-22-6-2-7-23-44)45-24-8-3-9-25-45)58-37-18-30-50-49-28-12-16-33-54(49)62(60(50)58)52-31-14-10-26-47(52)48-27-11-15-32-53(48)62/h1-41H. The number of rotatable bonds is 6. The Morgan fingerprint density at radius 1 is 0.254 bits per heavy atom. The molecule has 0 N–H and O–H groups in total. The van der Waals surface area contributed by atoms with Crippen LogP contribution in [0, 0.1) is 0 Å². The van der Waals surface area contributed by atoms with Crippen LogP contribution in [0.5, 0.6) is 0 Å². The van der Waals surface area contributed by atoms with E-state index in [9.17, 15) is 0 Å². The molecule has 63 heavy (non-hydrogen) atoms. The third kappa shape index (κ3) is 4.82. The molecule has 0 fully saturated rings. The number of anilines is 3. The third-order valence-electron chi connectivity index (χ3n) is 14.2. The first kappa shape index (κ1) is 35.7. The summed E-state index contributed by atoms with van der Waals surface area (Å²) < 4.78 is 0. The second kappa shape index (κ2) is 13.8. The van der Waals surface area contributed by atoms with Gasteiger partial charge in [-0.25, -0.2) is 0 Å². The van der Waals surface area contributed by atoms with Gasteiger partial charge >= 0.3 is 0 Å². The summed E-state index contributed by atoms with van der Waals surface area (Å²) in [5.74, 6) is 0. The highest BCUT2D eigenvalue weighted by Gasteiger charge is 2.54.